The molecule has 4 rings (SSSR count). The Hall–Kier alpha value is -3.29. The number of hydrogen-bond donors (Lipinski definition) is 1. The molecule has 0 atom stereocenters. The van der Waals surface area contributed by atoms with Crippen molar-refractivity contribution in [2.24, 2.45) is 0 Å². The minimum atomic E-state index is -0.353. The van der Waals surface area contributed by atoms with Gasteiger partial charge < -0.3 is 14.6 Å². The van der Waals surface area contributed by atoms with Gasteiger partial charge in [0.15, 0.2) is 5.65 Å². The third-order valence-corrected chi connectivity index (χ3v) is 4.69. The zero-order valence-electron chi connectivity index (χ0n) is 15.7. The lowest BCUT2D eigenvalue weighted by Crippen LogP contribution is -2.15. The quantitative estimate of drug-likeness (QED) is 0.481. The van der Waals surface area contributed by atoms with Crippen molar-refractivity contribution in [1.29, 1.82) is 0 Å². The first-order valence-corrected chi connectivity index (χ1v) is 9.63. The maximum Gasteiger partial charge on any atom is 0.287 e. The van der Waals surface area contributed by atoms with Crippen LogP contribution in [0.5, 0.6) is 5.75 Å². The van der Waals surface area contributed by atoms with Crippen LogP contribution >= 0.6 is 23.2 Å². The Morgan fingerprint density at radius 3 is 2.60 bits per heavy atom. The Morgan fingerprint density at radius 1 is 1.10 bits per heavy atom. The molecule has 152 valence electrons. The highest BCUT2D eigenvalue weighted by atomic mass is 35.5. The van der Waals surface area contributed by atoms with Gasteiger partial charge >= 0.3 is 0 Å². The number of carbonyl (C=O) groups excluding carboxylic acids is 1. The van der Waals surface area contributed by atoms with E-state index in [-0.39, 0.29) is 18.1 Å². The molecule has 7 nitrogen and oxygen atoms in total. The number of hydrogen-bond acceptors (Lipinski definition) is 5. The molecule has 0 aliphatic rings. The van der Waals surface area contributed by atoms with Crippen LogP contribution < -0.4 is 15.6 Å². The van der Waals surface area contributed by atoms with Gasteiger partial charge in [-0.05, 0) is 43.3 Å². The summed E-state index contributed by atoms with van der Waals surface area (Å²) in [5, 5.41) is 3.76. The van der Waals surface area contributed by atoms with Crippen molar-refractivity contribution in [3.8, 4) is 5.75 Å². The molecule has 2 aromatic carbocycles. The van der Waals surface area contributed by atoms with Gasteiger partial charge in [0.2, 0.25) is 0 Å². The first-order valence-electron chi connectivity index (χ1n) is 8.88. The smallest absolute Gasteiger partial charge is 0.287 e. The number of anilines is 1. The van der Waals surface area contributed by atoms with E-state index in [0.29, 0.717) is 44.1 Å². The maximum absolute atomic E-state index is 12.5. The van der Waals surface area contributed by atoms with Gasteiger partial charge in [-0.1, -0.05) is 23.2 Å². The molecule has 0 fully saturated rings. The summed E-state index contributed by atoms with van der Waals surface area (Å²) in [5.74, 6) is 0.584. The number of rotatable bonds is 5. The first kappa shape index (κ1) is 20.0. The third kappa shape index (κ3) is 4.32. The topological polar surface area (TPSA) is 85.8 Å². The summed E-state index contributed by atoms with van der Waals surface area (Å²) >= 11 is 12.0. The highest BCUT2D eigenvalue weighted by Gasteiger charge is 2.13. The minimum Gasteiger partial charge on any atom is -0.485 e. The van der Waals surface area contributed by atoms with E-state index in [1.54, 1.807) is 55.5 Å². The van der Waals surface area contributed by atoms with E-state index in [2.05, 4.69) is 10.3 Å². The van der Waals surface area contributed by atoms with Gasteiger partial charge in [-0.25, -0.2) is 4.98 Å². The number of nitrogens with zero attached hydrogens (tertiary/aromatic N) is 2. The Balaban J connectivity index is 1.55. The summed E-state index contributed by atoms with van der Waals surface area (Å²) in [4.78, 5) is 29.0. The molecule has 0 aliphatic heterocycles. The summed E-state index contributed by atoms with van der Waals surface area (Å²) in [5.41, 5.74) is 1.32. The number of halogens is 2. The number of nitrogens with one attached hydrogen (secondary N) is 1. The molecular weight excluding hydrogens is 429 g/mol. The van der Waals surface area contributed by atoms with Crippen LogP contribution in [0.2, 0.25) is 10.0 Å². The predicted octanol–water partition coefficient (Wildman–Crippen LogP) is 4.73. The van der Waals surface area contributed by atoms with Gasteiger partial charge in [-0.2, -0.15) is 0 Å². The lowest BCUT2D eigenvalue weighted by atomic mass is 10.2. The molecule has 9 heteroatoms. The van der Waals surface area contributed by atoms with Gasteiger partial charge in [0, 0.05) is 33.8 Å². The second-order valence-electron chi connectivity index (χ2n) is 6.47. The van der Waals surface area contributed by atoms with Crippen LogP contribution in [0.1, 0.15) is 21.8 Å². The highest BCUT2D eigenvalue weighted by Crippen LogP contribution is 2.29. The lowest BCUT2D eigenvalue weighted by molar-refractivity contribution is 0.102. The minimum absolute atomic E-state index is 0.000124. The second-order valence-corrected chi connectivity index (χ2v) is 7.35. The Kier molecular flexibility index (Phi) is 5.48. The van der Waals surface area contributed by atoms with Gasteiger partial charge in [0.05, 0.1) is 11.4 Å². The molecule has 1 N–H and O–H groups in total. The molecule has 2 heterocycles. The predicted molar refractivity (Wildman–Crippen MR) is 114 cm³/mol. The number of fused-ring (bicyclic) bond motifs is 1. The molecule has 0 saturated heterocycles. The van der Waals surface area contributed by atoms with Crippen molar-refractivity contribution in [3.05, 3.63) is 92.0 Å². The van der Waals surface area contributed by atoms with E-state index in [1.165, 1.54) is 6.07 Å². The zero-order valence-corrected chi connectivity index (χ0v) is 17.2. The third-order valence-electron chi connectivity index (χ3n) is 4.20. The first-order chi connectivity index (χ1) is 14.4. The second kappa shape index (κ2) is 8.22. The molecular formula is C21H15Cl2N3O4. The fourth-order valence-electron chi connectivity index (χ4n) is 2.81. The number of amides is 1. The summed E-state index contributed by atoms with van der Waals surface area (Å²) in [6.45, 7) is 1.73. The normalized spacial score (nSPS) is 10.9. The average molecular weight is 444 g/mol. The standard InChI is InChI=1S/C21H15Cl2N3O4/c1-12-8-19-24-16(10-20(27)26(19)30-12)11-29-18-9-15(23)6-7-17(18)25-21(28)13-2-4-14(22)5-3-13/h2-10H,11H2,1H3,(H,25,28). The summed E-state index contributed by atoms with van der Waals surface area (Å²) in [7, 11) is 0. The molecule has 4 aromatic rings. The molecule has 1 amide bonds. The molecule has 0 aliphatic carbocycles. The van der Waals surface area contributed by atoms with Gasteiger partial charge in [0.25, 0.3) is 11.5 Å². The van der Waals surface area contributed by atoms with Gasteiger partial charge in [0.1, 0.15) is 18.1 Å². The highest BCUT2D eigenvalue weighted by molar-refractivity contribution is 6.31. The maximum atomic E-state index is 12.5. The average Bonchev–Trinajstić information content (AvgIpc) is 3.09. The molecule has 0 unspecified atom stereocenters. The van der Waals surface area contributed by atoms with Crippen LogP contribution in [-0.2, 0) is 6.61 Å². The van der Waals surface area contributed by atoms with Crippen molar-refractivity contribution in [1.82, 2.24) is 9.56 Å². The summed E-state index contributed by atoms with van der Waals surface area (Å²) in [6.07, 6.45) is 0. The van der Waals surface area contributed by atoms with Crippen LogP contribution in [0, 0.1) is 6.92 Å². The van der Waals surface area contributed by atoms with E-state index in [1.807, 2.05) is 0 Å². The molecule has 2 aromatic heterocycles. The Morgan fingerprint density at radius 2 is 1.83 bits per heavy atom. The van der Waals surface area contributed by atoms with Crippen LogP contribution in [0.25, 0.3) is 5.65 Å². The van der Waals surface area contributed by atoms with E-state index in [0.717, 1.165) is 4.57 Å². The number of benzene rings is 2. The van der Waals surface area contributed by atoms with E-state index in [4.69, 9.17) is 32.5 Å². The monoisotopic (exact) mass is 443 g/mol. The summed E-state index contributed by atoms with van der Waals surface area (Å²) in [6, 6.07) is 14.3. The number of ether oxygens (including phenoxy) is 1. The Labute approximate surface area is 180 Å². The molecule has 0 bridgehead atoms. The van der Waals surface area contributed by atoms with Crippen molar-refractivity contribution in [3.63, 3.8) is 0 Å². The van der Waals surface area contributed by atoms with Crippen LogP contribution in [-0.4, -0.2) is 15.5 Å². The molecule has 30 heavy (non-hydrogen) atoms. The van der Waals surface area contributed by atoms with Gasteiger partial charge in [-0.15, -0.1) is 4.57 Å². The van der Waals surface area contributed by atoms with Crippen LogP contribution in [0.4, 0.5) is 5.69 Å². The zero-order chi connectivity index (χ0) is 21.3. The Bertz CT molecular complexity index is 1300. The fraction of sp³-hybridized carbons (Fsp3) is 0.0952. The molecule has 0 radical (unpaired) electrons. The van der Waals surface area contributed by atoms with Crippen molar-refractivity contribution in [2.75, 3.05) is 5.32 Å². The number of aromatic nitrogens is 2. The molecule has 0 spiro atoms. The van der Waals surface area contributed by atoms with Crippen LogP contribution in [0.15, 0.2) is 63.9 Å². The van der Waals surface area contributed by atoms with E-state index in [9.17, 15) is 9.59 Å². The van der Waals surface area contributed by atoms with Crippen molar-refractivity contribution < 1.29 is 14.1 Å². The number of aryl methyl sites for hydroxylation is 1. The van der Waals surface area contributed by atoms with Crippen molar-refractivity contribution >= 4 is 40.4 Å². The number of carbonyl (C=O) groups is 1. The lowest BCUT2D eigenvalue weighted by Gasteiger charge is -2.13. The van der Waals surface area contributed by atoms with E-state index >= 15 is 0 Å². The molecule has 0 saturated carbocycles. The SMILES string of the molecule is Cc1cc2nc(COc3cc(Cl)ccc3NC(=O)c3ccc(Cl)cc3)cc(=O)n2o1. The largest absolute Gasteiger partial charge is 0.485 e. The summed E-state index contributed by atoms with van der Waals surface area (Å²) < 4.78 is 12.2. The van der Waals surface area contributed by atoms with E-state index < -0.39 is 0 Å². The van der Waals surface area contributed by atoms with Gasteiger partial charge in [-0.3, -0.25) is 9.59 Å². The van der Waals surface area contributed by atoms with Crippen molar-refractivity contribution in [2.45, 2.75) is 13.5 Å². The fourth-order valence-corrected chi connectivity index (χ4v) is 3.10. The van der Waals surface area contributed by atoms with Crippen LogP contribution in [0.3, 0.4) is 0 Å².